The van der Waals surface area contributed by atoms with Gasteiger partial charge in [-0.2, -0.15) is 0 Å². The van der Waals surface area contributed by atoms with E-state index in [0.717, 1.165) is 31.0 Å². The molecule has 31 heavy (non-hydrogen) atoms. The molecule has 0 unspecified atom stereocenters. The Labute approximate surface area is 185 Å². The van der Waals surface area contributed by atoms with Crippen molar-refractivity contribution < 1.29 is 23.5 Å². The van der Waals surface area contributed by atoms with Crippen LogP contribution >= 0.6 is 0 Å². The smallest absolute Gasteiger partial charge is 0.345 e. The fourth-order valence-corrected chi connectivity index (χ4v) is 9.01. The Morgan fingerprint density at radius 3 is 2.45 bits per heavy atom. The van der Waals surface area contributed by atoms with Crippen molar-refractivity contribution in [3.05, 3.63) is 22.1 Å². The highest BCUT2D eigenvalue weighted by molar-refractivity contribution is 6.73. The Bertz CT molecular complexity index is 814. The molecule has 0 aromatic heterocycles. The average molecular weight is 450 g/mol. The molecule has 0 aromatic rings. The molecule has 1 saturated carbocycles. The molecule has 0 radical (unpaired) electrons. The van der Waals surface area contributed by atoms with Crippen LogP contribution in [0.25, 0.3) is 10.4 Å². The van der Waals surface area contributed by atoms with E-state index in [2.05, 4.69) is 37.7 Å². The van der Waals surface area contributed by atoms with Crippen molar-refractivity contribution in [2.24, 2.45) is 22.9 Å². The topological polar surface area (TPSA) is 111 Å². The van der Waals surface area contributed by atoms with Gasteiger partial charge in [-0.1, -0.05) is 27.7 Å². The zero-order valence-corrected chi connectivity index (χ0v) is 20.5. The molecule has 2 bridgehead atoms. The van der Waals surface area contributed by atoms with Crippen LogP contribution in [-0.2, 0) is 23.5 Å². The summed E-state index contributed by atoms with van der Waals surface area (Å²) in [6.45, 7) is 12.4. The highest BCUT2D eigenvalue weighted by atomic mass is 28.4. The third kappa shape index (κ3) is 3.55. The van der Waals surface area contributed by atoms with Crippen LogP contribution in [0.4, 0.5) is 0 Å². The van der Waals surface area contributed by atoms with Crippen molar-refractivity contribution in [2.45, 2.75) is 89.8 Å². The number of amides is 1. The molecule has 0 spiro atoms. The summed E-state index contributed by atoms with van der Waals surface area (Å²) in [5.74, 6) is -0.864. The molecule has 3 aliphatic rings. The third-order valence-electron chi connectivity index (χ3n) is 8.08. The molecule has 1 saturated heterocycles. The summed E-state index contributed by atoms with van der Waals surface area (Å²) >= 11 is 0. The molecule has 172 valence electrons. The first-order valence-electron chi connectivity index (χ1n) is 11.6. The second-order valence-electron chi connectivity index (χ2n) is 9.30. The first kappa shape index (κ1) is 24.0. The van der Waals surface area contributed by atoms with Gasteiger partial charge < -0.3 is 13.9 Å². The van der Waals surface area contributed by atoms with Gasteiger partial charge in [-0.3, -0.25) is 4.79 Å². The van der Waals surface area contributed by atoms with Crippen LogP contribution in [0, 0.1) is 17.8 Å². The Balaban J connectivity index is 2.22. The first-order chi connectivity index (χ1) is 14.7. The number of carbonyl (C=O) groups is 2. The van der Waals surface area contributed by atoms with Crippen LogP contribution in [0.5, 0.6) is 0 Å². The first-order valence-corrected chi connectivity index (χ1v) is 14.1. The maximum absolute atomic E-state index is 13.4. The molecular weight excluding hydrogens is 414 g/mol. The molecule has 1 amide bonds. The number of fused-ring (bicyclic) bond motifs is 4. The van der Waals surface area contributed by atoms with E-state index in [1.807, 2.05) is 6.92 Å². The summed E-state index contributed by atoms with van der Waals surface area (Å²) in [6, 6.07) is 2.81. The molecule has 0 N–H and O–H groups in total. The van der Waals surface area contributed by atoms with Gasteiger partial charge in [0, 0.05) is 10.5 Å². The number of hydrogen-bond donors (Lipinski definition) is 0. The van der Waals surface area contributed by atoms with Gasteiger partial charge in [0.1, 0.15) is 0 Å². The van der Waals surface area contributed by atoms with Crippen LogP contribution in [0.15, 0.2) is 16.8 Å². The molecule has 3 rings (SSSR count). The van der Waals surface area contributed by atoms with E-state index in [4.69, 9.17) is 19.4 Å². The Morgan fingerprint density at radius 1 is 1.26 bits per heavy atom. The number of rotatable bonds is 8. The van der Waals surface area contributed by atoms with E-state index >= 15 is 0 Å². The molecule has 6 atom stereocenters. The predicted octanol–water partition coefficient (Wildman–Crippen LogP) is 4.91. The number of esters is 1. The Kier molecular flexibility index (Phi) is 6.72. The summed E-state index contributed by atoms with van der Waals surface area (Å²) in [5.41, 5.74) is 6.61. The van der Waals surface area contributed by atoms with Crippen LogP contribution in [0.1, 0.15) is 54.4 Å². The zero-order chi connectivity index (χ0) is 23.0. The molecule has 2 heterocycles. The third-order valence-corrected chi connectivity index (χ3v) is 12.7. The predicted molar refractivity (Wildman–Crippen MR) is 119 cm³/mol. The lowest BCUT2D eigenvalue weighted by Crippen LogP contribution is -2.66. The lowest BCUT2D eigenvalue weighted by Gasteiger charge is -2.53. The summed E-state index contributed by atoms with van der Waals surface area (Å²) in [7, 11) is -2.12. The Hall–Kier alpha value is -1.67. The quantitative estimate of drug-likeness (QED) is 0.172. The van der Waals surface area contributed by atoms with Gasteiger partial charge in [0.05, 0.1) is 18.3 Å². The molecule has 2 fully saturated rings. The number of azide groups is 1. The van der Waals surface area contributed by atoms with E-state index in [-0.39, 0.29) is 24.0 Å². The zero-order valence-electron chi connectivity index (χ0n) is 19.5. The van der Waals surface area contributed by atoms with Gasteiger partial charge >= 0.3 is 5.97 Å². The van der Waals surface area contributed by atoms with E-state index in [1.54, 1.807) is 13.0 Å². The van der Waals surface area contributed by atoms with E-state index in [1.165, 1.54) is 0 Å². The molecular formula is C22H35N3O5Si. The maximum atomic E-state index is 13.4. The summed E-state index contributed by atoms with van der Waals surface area (Å²) < 4.78 is 19.0. The average Bonchev–Trinajstić information content (AvgIpc) is 3.28. The van der Waals surface area contributed by atoms with Crippen LogP contribution in [0.3, 0.4) is 0 Å². The molecule has 2 aliphatic heterocycles. The van der Waals surface area contributed by atoms with Crippen molar-refractivity contribution in [3.63, 3.8) is 0 Å². The number of hydrogen-bond acceptors (Lipinski definition) is 5. The van der Waals surface area contributed by atoms with E-state index in [9.17, 15) is 9.59 Å². The largest absolute Gasteiger partial charge is 0.464 e. The van der Waals surface area contributed by atoms with Gasteiger partial charge in [-0.15, -0.1) is 0 Å². The molecule has 9 heteroatoms. The highest BCUT2D eigenvalue weighted by Crippen LogP contribution is 2.61. The van der Waals surface area contributed by atoms with Crippen molar-refractivity contribution in [1.29, 1.82) is 0 Å². The summed E-state index contributed by atoms with van der Waals surface area (Å²) in [5, 5.41) is 3.34. The van der Waals surface area contributed by atoms with Crippen LogP contribution in [0.2, 0.25) is 18.1 Å². The van der Waals surface area contributed by atoms with E-state index < -0.39 is 37.5 Å². The molecule has 8 nitrogen and oxygen atoms in total. The van der Waals surface area contributed by atoms with E-state index in [0.29, 0.717) is 5.92 Å². The Morgan fingerprint density at radius 2 is 1.90 bits per heavy atom. The molecule has 0 aromatic carbocycles. The number of ether oxygens (including phenoxy) is 2. The van der Waals surface area contributed by atoms with Gasteiger partial charge in [-0.25, -0.2) is 4.79 Å². The SMILES string of the molecule is CCOC(=O)[C@]12C=C(C(=O)N=[N+]=[N-])[C@](C)(O1)[C@@H]1CC[C@@H](C)[C@H]1[C@H]2O[Si](CC)(CC)CC. The van der Waals surface area contributed by atoms with Gasteiger partial charge in [-0.05, 0) is 79.3 Å². The van der Waals surface area contributed by atoms with Gasteiger partial charge in [0.15, 0.2) is 8.32 Å². The minimum absolute atomic E-state index is 0.00101. The second kappa shape index (κ2) is 8.69. The lowest BCUT2D eigenvalue weighted by atomic mass is 9.70. The van der Waals surface area contributed by atoms with Crippen LogP contribution in [-0.4, -0.2) is 44.1 Å². The fraction of sp³-hybridized carbons (Fsp3) is 0.818. The standard InChI is InChI=1S/C22H35N3O5Si/c1-7-28-20(27)22-13-16(19(26)24-25-23)21(6,30-22)15-12-11-14(5)17(15)18(22)29-31(8-2,9-3)10-4/h13-15,17-18H,7-12H2,1-6H3/t14-,15-,17-,18-,21-,22-/m1/s1. The minimum atomic E-state index is -2.12. The number of nitrogens with zero attached hydrogens (tertiary/aromatic N) is 3. The van der Waals surface area contributed by atoms with Crippen molar-refractivity contribution >= 4 is 20.2 Å². The van der Waals surface area contributed by atoms with Crippen molar-refractivity contribution in [3.8, 4) is 0 Å². The number of carbonyl (C=O) groups excluding carboxylic acids is 2. The van der Waals surface area contributed by atoms with Gasteiger partial charge in [0.2, 0.25) is 11.5 Å². The monoisotopic (exact) mass is 449 g/mol. The summed E-state index contributed by atoms with van der Waals surface area (Å²) in [6.07, 6.45) is 2.87. The van der Waals surface area contributed by atoms with Gasteiger partial charge in [0.25, 0.3) is 0 Å². The lowest BCUT2D eigenvalue weighted by molar-refractivity contribution is -0.233. The normalized spacial score (nSPS) is 36.4. The second-order valence-corrected chi connectivity index (χ2v) is 14.0. The van der Waals surface area contributed by atoms with Crippen LogP contribution < -0.4 is 0 Å². The minimum Gasteiger partial charge on any atom is -0.464 e. The highest BCUT2D eigenvalue weighted by Gasteiger charge is 2.71. The maximum Gasteiger partial charge on any atom is 0.345 e. The fourth-order valence-electron chi connectivity index (χ4n) is 6.14. The summed E-state index contributed by atoms with van der Waals surface area (Å²) in [4.78, 5) is 28.9. The van der Waals surface area contributed by atoms with Crippen molar-refractivity contribution in [1.82, 2.24) is 0 Å². The molecule has 1 aliphatic carbocycles. The van der Waals surface area contributed by atoms with Crippen molar-refractivity contribution in [2.75, 3.05) is 6.61 Å².